The molecule has 1 unspecified atom stereocenters. The van der Waals surface area contributed by atoms with Crippen LogP contribution in [0.4, 0.5) is 5.69 Å². The fourth-order valence-corrected chi connectivity index (χ4v) is 4.89. The molecular formula is C16H18INS. The third kappa shape index (κ3) is 2.68. The van der Waals surface area contributed by atoms with E-state index in [1.807, 2.05) is 11.3 Å². The van der Waals surface area contributed by atoms with Crippen molar-refractivity contribution in [2.75, 3.05) is 5.32 Å². The van der Waals surface area contributed by atoms with E-state index in [1.165, 1.54) is 44.5 Å². The summed E-state index contributed by atoms with van der Waals surface area (Å²) in [5, 5.41) is 3.76. The molecular weight excluding hydrogens is 365 g/mol. The third-order valence-corrected chi connectivity index (χ3v) is 5.99. The zero-order chi connectivity index (χ0) is 13.4. The van der Waals surface area contributed by atoms with Gasteiger partial charge in [-0.2, -0.15) is 0 Å². The number of anilines is 1. The molecule has 1 atom stereocenters. The molecule has 0 amide bonds. The number of aryl methyl sites for hydroxylation is 2. The lowest BCUT2D eigenvalue weighted by molar-refractivity contribution is 0.608. The lowest BCUT2D eigenvalue weighted by Gasteiger charge is -2.25. The maximum absolute atomic E-state index is 3.76. The summed E-state index contributed by atoms with van der Waals surface area (Å²) < 4.78 is 1.41. The molecule has 0 aliphatic heterocycles. The van der Waals surface area contributed by atoms with Crippen molar-refractivity contribution in [1.82, 2.24) is 0 Å². The van der Waals surface area contributed by atoms with Gasteiger partial charge in [0, 0.05) is 10.6 Å². The van der Waals surface area contributed by atoms with E-state index < -0.39 is 0 Å². The maximum atomic E-state index is 3.76. The van der Waals surface area contributed by atoms with E-state index in [4.69, 9.17) is 0 Å². The Kier molecular flexibility index (Phi) is 3.85. The van der Waals surface area contributed by atoms with Crippen molar-refractivity contribution in [2.45, 2.75) is 39.2 Å². The van der Waals surface area contributed by atoms with Gasteiger partial charge >= 0.3 is 0 Å². The van der Waals surface area contributed by atoms with Crippen molar-refractivity contribution < 1.29 is 0 Å². The van der Waals surface area contributed by atoms with E-state index in [0.717, 1.165) is 0 Å². The zero-order valence-corrected chi connectivity index (χ0v) is 14.3. The van der Waals surface area contributed by atoms with Crippen LogP contribution in [0.3, 0.4) is 0 Å². The maximum Gasteiger partial charge on any atom is 0.0660 e. The molecule has 3 rings (SSSR count). The average Bonchev–Trinajstić information content (AvgIpc) is 2.76. The smallest absolute Gasteiger partial charge is 0.0660 e. The Morgan fingerprint density at radius 3 is 3.00 bits per heavy atom. The number of fused-ring (bicyclic) bond motifs is 1. The lowest BCUT2D eigenvalue weighted by atomic mass is 9.93. The molecule has 0 saturated heterocycles. The summed E-state index contributed by atoms with van der Waals surface area (Å²) in [6, 6.07) is 9.38. The Hall–Kier alpha value is -0.550. The van der Waals surface area contributed by atoms with Crippen LogP contribution < -0.4 is 5.32 Å². The van der Waals surface area contributed by atoms with Gasteiger partial charge in [0.15, 0.2) is 0 Å². The normalized spacial score (nSPS) is 18.2. The van der Waals surface area contributed by atoms with Gasteiger partial charge in [0.2, 0.25) is 0 Å². The van der Waals surface area contributed by atoms with Crippen LogP contribution in [0, 0.1) is 16.7 Å². The van der Waals surface area contributed by atoms with E-state index in [0.29, 0.717) is 6.04 Å². The molecule has 1 N–H and O–H groups in total. The Balaban J connectivity index is 1.90. The van der Waals surface area contributed by atoms with Crippen molar-refractivity contribution in [3.05, 3.63) is 48.7 Å². The first-order valence-electron chi connectivity index (χ1n) is 6.76. The highest BCUT2D eigenvalue weighted by atomic mass is 127. The zero-order valence-electron chi connectivity index (χ0n) is 11.3. The largest absolute Gasteiger partial charge is 0.378 e. The number of nitrogens with one attached hydrogen (secondary N) is 1. The summed E-state index contributed by atoms with van der Waals surface area (Å²) in [6.45, 7) is 4.39. The average molecular weight is 383 g/mol. The second-order valence-corrected chi connectivity index (χ2v) is 8.30. The molecule has 19 heavy (non-hydrogen) atoms. The molecule has 1 heterocycles. The van der Waals surface area contributed by atoms with E-state index >= 15 is 0 Å². The Labute approximate surface area is 132 Å². The van der Waals surface area contributed by atoms with Gasteiger partial charge in [-0.3, -0.25) is 0 Å². The molecule has 0 spiro atoms. The van der Waals surface area contributed by atoms with Crippen molar-refractivity contribution >= 4 is 39.6 Å². The quantitative estimate of drug-likeness (QED) is 0.680. The number of benzene rings is 1. The first-order chi connectivity index (χ1) is 9.15. The standard InChI is InChI=1S/C16H18INS/c1-10-5-3-6-13(11(10)2)18-14-7-4-8-15-12(14)9-16(17)19-15/h3,5-6,9,14,18H,4,7-8H2,1-2H3. The second-order valence-electron chi connectivity index (χ2n) is 5.27. The Bertz CT molecular complexity index is 603. The first kappa shape index (κ1) is 13.4. The third-order valence-electron chi connectivity index (χ3n) is 4.02. The molecule has 2 aromatic rings. The Morgan fingerprint density at radius 2 is 2.16 bits per heavy atom. The lowest BCUT2D eigenvalue weighted by Crippen LogP contribution is -2.16. The van der Waals surface area contributed by atoms with Crippen LogP contribution in [-0.2, 0) is 6.42 Å². The molecule has 100 valence electrons. The number of hydrogen-bond donors (Lipinski definition) is 1. The van der Waals surface area contributed by atoms with E-state index in [1.54, 1.807) is 4.88 Å². The summed E-state index contributed by atoms with van der Waals surface area (Å²) in [5.41, 5.74) is 5.56. The fourth-order valence-electron chi connectivity index (χ4n) is 2.77. The van der Waals surface area contributed by atoms with Gasteiger partial charge in [-0.15, -0.1) is 11.3 Å². The second kappa shape index (κ2) is 5.44. The number of thiophene rings is 1. The monoisotopic (exact) mass is 383 g/mol. The summed E-state index contributed by atoms with van der Waals surface area (Å²) in [4.78, 5) is 1.58. The molecule has 3 heteroatoms. The molecule has 1 aliphatic carbocycles. The van der Waals surface area contributed by atoms with Gasteiger partial charge in [0.1, 0.15) is 0 Å². The van der Waals surface area contributed by atoms with Crippen LogP contribution in [0.1, 0.15) is 40.5 Å². The SMILES string of the molecule is Cc1cccc(NC2CCCc3sc(I)cc32)c1C. The predicted octanol–water partition coefficient (Wildman–Crippen LogP) is 5.46. The fraction of sp³-hybridized carbons (Fsp3) is 0.375. The van der Waals surface area contributed by atoms with Crippen LogP contribution in [0.5, 0.6) is 0 Å². The van der Waals surface area contributed by atoms with E-state index in [-0.39, 0.29) is 0 Å². The van der Waals surface area contributed by atoms with Gasteiger partial charge in [0.25, 0.3) is 0 Å². The minimum Gasteiger partial charge on any atom is -0.378 e. The van der Waals surface area contributed by atoms with Gasteiger partial charge in [-0.05, 0) is 84.5 Å². The van der Waals surface area contributed by atoms with Gasteiger partial charge in [-0.1, -0.05) is 12.1 Å². The minimum atomic E-state index is 0.490. The van der Waals surface area contributed by atoms with Crippen molar-refractivity contribution in [3.8, 4) is 0 Å². The van der Waals surface area contributed by atoms with E-state index in [2.05, 4.69) is 66.0 Å². The first-order valence-corrected chi connectivity index (χ1v) is 8.65. The van der Waals surface area contributed by atoms with E-state index in [9.17, 15) is 0 Å². The van der Waals surface area contributed by atoms with Gasteiger partial charge in [-0.25, -0.2) is 0 Å². The topological polar surface area (TPSA) is 12.0 Å². The van der Waals surface area contributed by atoms with Crippen LogP contribution in [0.2, 0.25) is 0 Å². The number of rotatable bonds is 2. The molecule has 1 aliphatic rings. The summed E-state index contributed by atoms with van der Waals surface area (Å²) >= 11 is 4.40. The number of hydrogen-bond acceptors (Lipinski definition) is 2. The van der Waals surface area contributed by atoms with Crippen molar-refractivity contribution in [3.63, 3.8) is 0 Å². The van der Waals surface area contributed by atoms with Gasteiger partial charge < -0.3 is 5.32 Å². The van der Waals surface area contributed by atoms with Crippen molar-refractivity contribution in [1.29, 1.82) is 0 Å². The molecule has 1 aromatic heterocycles. The van der Waals surface area contributed by atoms with Crippen LogP contribution in [0.25, 0.3) is 0 Å². The van der Waals surface area contributed by atoms with Gasteiger partial charge in [0.05, 0.1) is 8.93 Å². The number of halogens is 1. The van der Waals surface area contributed by atoms with Crippen molar-refractivity contribution in [2.24, 2.45) is 0 Å². The highest BCUT2D eigenvalue weighted by Gasteiger charge is 2.22. The highest BCUT2D eigenvalue weighted by Crippen LogP contribution is 2.38. The predicted molar refractivity (Wildman–Crippen MR) is 92.3 cm³/mol. The summed E-state index contributed by atoms with van der Waals surface area (Å²) in [7, 11) is 0. The van der Waals surface area contributed by atoms with Crippen LogP contribution >= 0.6 is 33.9 Å². The summed E-state index contributed by atoms with van der Waals surface area (Å²) in [6.07, 6.45) is 3.80. The molecule has 1 aromatic carbocycles. The van der Waals surface area contributed by atoms with Crippen LogP contribution in [0.15, 0.2) is 24.3 Å². The molecule has 1 nitrogen and oxygen atoms in total. The molecule has 0 fully saturated rings. The van der Waals surface area contributed by atoms with Crippen LogP contribution in [-0.4, -0.2) is 0 Å². The molecule has 0 radical (unpaired) electrons. The summed E-state index contributed by atoms with van der Waals surface area (Å²) in [5.74, 6) is 0. The molecule has 0 bridgehead atoms. The Morgan fingerprint density at radius 1 is 1.32 bits per heavy atom. The highest BCUT2D eigenvalue weighted by molar-refractivity contribution is 14.1. The molecule has 0 saturated carbocycles. The minimum absolute atomic E-state index is 0.490.